The van der Waals surface area contributed by atoms with Gasteiger partial charge in [-0.1, -0.05) is 12.1 Å². The van der Waals surface area contributed by atoms with Crippen LogP contribution in [0.3, 0.4) is 0 Å². The summed E-state index contributed by atoms with van der Waals surface area (Å²) in [6.45, 7) is 11.7. The maximum atomic E-state index is 12.9. The summed E-state index contributed by atoms with van der Waals surface area (Å²) in [5.41, 5.74) is 0.610. The second-order valence-corrected chi connectivity index (χ2v) is 5.87. The van der Waals surface area contributed by atoms with E-state index in [2.05, 4.69) is 0 Å². The molecule has 1 rings (SSSR count). The number of rotatable bonds is 7. The third kappa shape index (κ3) is 5.06. The molecule has 0 N–H and O–H groups in total. The van der Waals surface area contributed by atoms with E-state index in [0.29, 0.717) is 12.2 Å². The maximum absolute atomic E-state index is 12.9. The van der Waals surface area contributed by atoms with Crippen molar-refractivity contribution in [2.24, 2.45) is 0 Å². The Morgan fingerprint density at radius 2 is 1.52 bits per heavy atom. The fourth-order valence-corrected chi connectivity index (χ4v) is 2.53. The molecular formula is C18H27NO4. The summed E-state index contributed by atoms with van der Waals surface area (Å²) in [5, 5.41) is 0. The Morgan fingerprint density at radius 1 is 1.00 bits per heavy atom. The van der Waals surface area contributed by atoms with Crippen LogP contribution in [0.25, 0.3) is 0 Å². The van der Waals surface area contributed by atoms with Crippen LogP contribution in [0, 0.1) is 0 Å². The molecule has 1 aromatic rings. The summed E-state index contributed by atoms with van der Waals surface area (Å²) in [6, 6.07) is 6.79. The Morgan fingerprint density at radius 3 is 2.00 bits per heavy atom. The molecule has 0 spiro atoms. The normalized spacial score (nSPS) is 12.3. The van der Waals surface area contributed by atoms with Crippen LogP contribution in [-0.2, 0) is 9.47 Å². The van der Waals surface area contributed by atoms with Gasteiger partial charge in [0.25, 0.3) is 5.91 Å². The molecule has 23 heavy (non-hydrogen) atoms. The van der Waals surface area contributed by atoms with Crippen molar-refractivity contribution in [1.82, 2.24) is 4.90 Å². The number of carbonyl (C=O) groups is 2. The largest absolute Gasteiger partial charge is 0.432 e. The molecule has 0 radical (unpaired) electrons. The number of carbonyl (C=O) groups excluding carboxylic acids is 2. The van der Waals surface area contributed by atoms with E-state index >= 15 is 0 Å². The number of ether oxygens (including phenoxy) is 2. The molecule has 1 aromatic carbocycles. The van der Waals surface area contributed by atoms with Crippen molar-refractivity contribution in [3.05, 3.63) is 35.4 Å². The SMILES string of the molecule is CCOC(C)OC(=O)c1ccccc1C(=O)N(C(C)C)C(C)C. The molecular weight excluding hydrogens is 294 g/mol. The summed E-state index contributed by atoms with van der Waals surface area (Å²) in [5.74, 6) is -0.728. The number of hydrogen-bond acceptors (Lipinski definition) is 4. The van der Waals surface area contributed by atoms with E-state index in [4.69, 9.17) is 9.47 Å². The van der Waals surface area contributed by atoms with Crippen molar-refractivity contribution < 1.29 is 19.1 Å². The lowest BCUT2D eigenvalue weighted by Crippen LogP contribution is -2.42. The van der Waals surface area contributed by atoms with Gasteiger partial charge in [0, 0.05) is 18.7 Å². The first kappa shape index (κ1) is 19.2. The van der Waals surface area contributed by atoms with Gasteiger partial charge in [-0.2, -0.15) is 0 Å². The van der Waals surface area contributed by atoms with Gasteiger partial charge in [-0.25, -0.2) is 4.79 Å². The van der Waals surface area contributed by atoms with Gasteiger partial charge in [-0.3, -0.25) is 4.79 Å². The molecule has 0 aromatic heterocycles. The van der Waals surface area contributed by atoms with Crippen molar-refractivity contribution in [3.8, 4) is 0 Å². The molecule has 0 bridgehead atoms. The molecule has 0 heterocycles. The van der Waals surface area contributed by atoms with Gasteiger partial charge in [0.2, 0.25) is 0 Å². The van der Waals surface area contributed by atoms with Crippen LogP contribution in [0.2, 0.25) is 0 Å². The van der Waals surface area contributed by atoms with E-state index in [0.717, 1.165) is 0 Å². The quantitative estimate of drug-likeness (QED) is 0.570. The lowest BCUT2D eigenvalue weighted by atomic mass is 10.0. The summed E-state index contributed by atoms with van der Waals surface area (Å²) >= 11 is 0. The van der Waals surface area contributed by atoms with Crippen LogP contribution < -0.4 is 0 Å². The van der Waals surface area contributed by atoms with Gasteiger partial charge >= 0.3 is 5.97 Å². The average molecular weight is 321 g/mol. The summed E-state index contributed by atoms with van der Waals surface area (Å²) in [6.07, 6.45) is -0.651. The smallest absolute Gasteiger partial charge is 0.341 e. The number of hydrogen-bond donors (Lipinski definition) is 0. The van der Waals surface area contributed by atoms with Crippen LogP contribution in [0.1, 0.15) is 62.3 Å². The molecule has 1 amide bonds. The Balaban J connectivity index is 3.09. The predicted octanol–water partition coefficient (Wildman–Crippen LogP) is 3.48. The molecule has 0 aliphatic rings. The summed E-state index contributed by atoms with van der Waals surface area (Å²) < 4.78 is 10.5. The lowest BCUT2D eigenvalue weighted by Gasteiger charge is -2.31. The van der Waals surface area contributed by atoms with Gasteiger partial charge in [0.1, 0.15) is 0 Å². The highest BCUT2D eigenvalue weighted by Crippen LogP contribution is 2.17. The van der Waals surface area contributed by atoms with Gasteiger partial charge in [-0.05, 0) is 53.7 Å². The molecule has 5 heteroatoms. The minimum Gasteiger partial charge on any atom is -0.432 e. The zero-order valence-corrected chi connectivity index (χ0v) is 14.8. The van der Waals surface area contributed by atoms with E-state index in [1.165, 1.54) is 0 Å². The number of amides is 1. The molecule has 0 saturated carbocycles. The highest BCUT2D eigenvalue weighted by Gasteiger charge is 2.26. The molecule has 0 fully saturated rings. The Bertz CT molecular complexity index is 532. The first-order valence-corrected chi connectivity index (χ1v) is 8.03. The summed E-state index contributed by atoms with van der Waals surface area (Å²) in [4.78, 5) is 26.9. The third-order valence-corrected chi connectivity index (χ3v) is 3.40. The first-order valence-electron chi connectivity index (χ1n) is 8.03. The standard InChI is InChI=1S/C18H27NO4/c1-7-22-14(6)23-18(21)16-11-9-8-10-15(16)17(20)19(12(2)3)13(4)5/h8-14H,7H2,1-6H3. The van der Waals surface area contributed by atoms with E-state index in [1.54, 1.807) is 36.1 Å². The van der Waals surface area contributed by atoms with E-state index in [-0.39, 0.29) is 23.6 Å². The summed E-state index contributed by atoms with van der Waals surface area (Å²) in [7, 11) is 0. The minimum absolute atomic E-state index is 0.0360. The number of nitrogens with zero attached hydrogens (tertiary/aromatic N) is 1. The van der Waals surface area contributed by atoms with Crippen LogP contribution in [0.15, 0.2) is 24.3 Å². The molecule has 0 aliphatic carbocycles. The van der Waals surface area contributed by atoms with E-state index in [1.807, 2.05) is 34.6 Å². The number of benzene rings is 1. The third-order valence-electron chi connectivity index (χ3n) is 3.40. The first-order chi connectivity index (χ1) is 10.8. The number of esters is 1. The fraction of sp³-hybridized carbons (Fsp3) is 0.556. The van der Waals surface area contributed by atoms with Crippen LogP contribution >= 0.6 is 0 Å². The van der Waals surface area contributed by atoms with Crippen molar-refractivity contribution in [3.63, 3.8) is 0 Å². The molecule has 128 valence electrons. The lowest BCUT2D eigenvalue weighted by molar-refractivity contribution is -0.0941. The Hall–Kier alpha value is -1.88. The molecule has 0 aliphatic heterocycles. The van der Waals surface area contributed by atoms with Crippen molar-refractivity contribution >= 4 is 11.9 Å². The maximum Gasteiger partial charge on any atom is 0.341 e. The van der Waals surface area contributed by atoms with E-state index in [9.17, 15) is 9.59 Å². The Labute approximate surface area is 138 Å². The van der Waals surface area contributed by atoms with E-state index < -0.39 is 12.3 Å². The fourth-order valence-electron chi connectivity index (χ4n) is 2.53. The van der Waals surface area contributed by atoms with Crippen LogP contribution in [-0.4, -0.2) is 41.8 Å². The minimum atomic E-state index is -0.651. The van der Waals surface area contributed by atoms with Crippen molar-refractivity contribution in [2.45, 2.75) is 59.9 Å². The predicted molar refractivity (Wildman–Crippen MR) is 89.4 cm³/mol. The van der Waals surface area contributed by atoms with Crippen LogP contribution in [0.5, 0.6) is 0 Å². The Kier molecular flexibility index (Phi) is 7.23. The van der Waals surface area contributed by atoms with Gasteiger partial charge < -0.3 is 14.4 Å². The second-order valence-electron chi connectivity index (χ2n) is 5.87. The monoisotopic (exact) mass is 321 g/mol. The molecule has 0 saturated heterocycles. The molecule has 1 unspecified atom stereocenters. The van der Waals surface area contributed by atoms with Gasteiger partial charge in [0.05, 0.1) is 11.1 Å². The highest BCUT2D eigenvalue weighted by atomic mass is 16.7. The van der Waals surface area contributed by atoms with Crippen LogP contribution in [0.4, 0.5) is 0 Å². The van der Waals surface area contributed by atoms with Crippen molar-refractivity contribution in [2.75, 3.05) is 6.61 Å². The zero-order valence-electron chi connectivity index (χ0n) is 14.8. The van der Waals surface area contributed by atoms with Gasteiger partial charge in [0.15, 0.2) is 6.29 Å². The average Bonchev–Trinajstić information content (AvgIpc) is 2.46. The molecule has 5 nitrogen and oxygen atoms in total. The highest BCUT2D eigenvalue weighted by molar-refractivity contribution is 6.05. The zero-order chi connectivity index (χ0) is 17.6. The topological polar surface area (TPSA) is 55.8 Å². The van der Waals surface area contributed by atoms with Crippen molar-refractivity contribution in [1.29, 1.82) is 0 Å². The second kappa shape index (κ2) is 8.67. The van der Waals surface area contributed by atoms with Gasteiger partial charge in [-0.15, -0.1) is 0 Å². The molecule has 1 atom stereocenters.